The molecule has 1 aromatic rings. The standard InChI is InChI=1S/C12H24N4/c1-6-16-11(14-9-15-16)8-13-7-10(2)12(3,4)5/h9-10,13H,6-8H2,1-5H3. The van der Waals surface area contributed by atoms with E-state index in [1.165, 1.54) is 0 Å². The van der Waals surface area contributed by atoms with Crippen LogP contribution < -0.4 is 5.32 Å². The van der Waals surface area contributed by atoms with E-state index in [1.54, 1.807) is 6.33 Å². The second-order valence-electron chi connectivity index (χ2n) is 5.39. The molecular weight excluding hydrogens is 200 g/mol. The molecule has 0 aliphatic carbocycles. The predicted molar refractivity (Wildman–Crippen MR) is 66.0 cm³/mol. The third kappa shape index (κ3) is 3.59. The van der Waals surface area contributed by atoms with Gasteiger partial charge in [0.25, 0.3) is 0 Å². The van der Waals surface area contributed by atoms with Gasteiger partial charge in [-0.05, 0) is 24.8 Å². The van der Waals surface area contributed by atoms with Crippen molar-refractivity contribution in [3.8, 4) is 0 Å². The van der Waals surface area contributed by atoms with E-state index in [2.05, 4.69) is 50.0 Å². The quantitative estimate of drug-likeness (QED) is 0.832. The Morgan fingerprint density at radius 2 is 2.12 bits per heavy atom. The fourth-order valence-electron chi connectivity index (χ4n) is 1.40. The topological polar surface area (TPSA) is 42.7 Å². The van der Waals surface area contributed by atoms with Gasteiger partial charge in [-0.25, -0.2) is 9.67 Å². The first-order valence-corrected chi connectivity index (χ1v) is 6.02. The second-order valence-corrected chi connectivity index (χ2v) is 5.39. The average Bonchev–Trinajstić information content (AvgIpc) is 2.63. The first kappa shape index (κ1) is 13.2. The van der Waals surface area contributed by atoms with Crippen LogP contribution in [0.4, 0.5) is 0 Å². The molecular formula is C12H24N4. The molecule has 0 aromatic carbocycles. The first-order valence-electron chi connectivity index (χ1n) is 6.02. The maximum atomic E-state index is 4.24. The highest BCUT2D eigenvalue weighted by molar-refractivity contribution is 4.84. The van der Waals surface area contributed by atoms with Crippen LogP contribution in [0.5, 0.6) is 0 Å². The summed E-state index contributed by atoms with van der Waals surface area (Å²) < 4.78 is 1.93. The van der Waals surface area contributed by atoms with Gasteiger partial charge >= 0.3 is 0 Å². The van der Waals surface area contributed by atoms with Crippen molar-refractivity contribution in [1.29, 1.82) is 0 Å². The molecule has 0 amide bonds. The first-order chi connectivity index (χ1) is 7.45. The highest BCUT2D eigenvalue weighted by atomic mass is 15.3. The SMILES string of the molecule is CCn1ncnc1CNCC(C)C(C)(C)C. The molecule has 0 radical (unpaired) electrons. The largest absolute Gasteiger partial charge is 0.310 e. The zero-order valence-corrected chi connectivity index (χ0v) is 11.1. The molecule has 4 nitrogen and oxygen atoms in total. The average molecular weight is 224 g/mol. The van der Waals surface area contributed by atoms with Crippen LogP contribution in [-0.4, -0.2) is 21.3 Å². The van der Waals surface area contributed by atoms with Crippen molar-refractivity contribution in [2.75, 3.05) is 6.54 Å². The molecule has 1 N–H and O–H groups in total. The van der Waals surface area contributed by atoms with E-state index >= 15 is 0 Å². The lowest BCUT2D eigenvalue weighted by atomic mass is 9.82. The summed E-state index contributed by atoms with van der Waals surface area (Å²) in [6.45, 7) is 13.9. The van der Waals surface area contributed by atoms with Gasteiger partial charge in [-0.15, -0.1) is 0 Å². The van der Waals surface area contributed by atoms with Crippen molar-refractivity contribution in [3.63, 3.8) is 0 Å². The van der Waals surface area contributed by atoms with Crippen molar-refractivity contribution in [1.82, 2.24) is 20.1 Å². The summed E-state index contributed by atoms with van der Waals surface area (Å²) in [6, 6.07) is 0. The Labute approximate surface area is 98.5 Å². The van der Waals surface area contributed by atoms with E-state index in [4.69, 9.17) is 0 Å². The molecule has 1 heterocycles. The number of nitrogens with zero attached hydrogens (tertiary/aromatic N) is 3. The van der Waals surface area contributed by atoms with E-state index in [0.29, 0.717) is 11.3 Å². The van der Waals surface area contributed by atoms with Crippen molar-refractivity contribution in [2.45, 2.75) is 47.7 Å². The Morgan fingerprint density at radius 3 is 2.69 bits per heavy atom. The number of hydrogen-bond donors (Lipinski definition) is 1. The zero-order chi connectivity index (χ0) is 12.2. The maximum Gasteiger partial charge on any atom is 0.140 e. The molecule has 0 bridgehead atoms. The zero-order valence-electron chi connectivity index (χ0n) is 11.1. The molecule has 1 rings (SSSR count). The smallest absolute Gasteiger partial charge is 0.140 e. The molecule has 0 spiro atoms. The Hall–Kier alpha value is -0.900. The minimum absolute atomic E-state index is 0.353. The summed E-state index contributed by atoms with van der Waals surface area (Å²) in [5.41, 5.74) is 0.353. The normalized spacial score (nSPS) is 14.1. The molecule has 4 heteroatoms. The Bertz CT molecular complexity index is 311. The minimum atomic E-state index is 0.353. The summed E-state index contributed by atoms with van der Waals surface area (Å²) in [5, 5.41) is 7.59. The fraction of sp³-hybridized carbons (Fsp3) is 0.833. The van der Waals surface area contributed by atoms with E-state index < -0.39 is 0 Å². The summed E-state index contributed by atoms with van der Waals surface area (Å²) in [7, 11) is 0. The number of nitrogens with one attached hydrogen (secondary N) is 1. The number of aromatic nitrogens is 3. The molecule has 1 aromatic heterocycles. The summed E-state index contributed by atoms with van der Waals surface area (Å²) in [5.74, 6) is 1.66. The molecule has 16 heavy (non-hydrogen) atoms. The van der Waals surface area contributed by atoms with Crippen LogP contribution >= 0.6 is 0 Å². The summed E-state index contributed by atoms with van der Waals surface area (Å²) in [4.78, 5) is 4.24. The van der Waals surface area contributed by atoms with Crippen LogP contribution in [0.2, 0.25) is 0 Å². The maximum absolute atomic E-state index is 4.24. The molecule has 0 aliphatic heterocycles. The lowest BCUT2D eigenvalue weighted by molar-refractivity contribution is 0.251. The van der Waals surface area contributed by atoms with E-state index in [1.807, 2.05) is 4.68 Å². The van der Waals surface area contributed by atoms with Crippen molar-refractivity contribution < 1.29 is 0 Å². The third-order valence-electron chi connectivity index (χ3n) is 3.21. The van der Waals surface area contributed by atoms with Crippen molar-refractivity contribution in [3.05, 3.63) is 12.2 Å². The van der Waals surface area contributed by atoms with Crippen LogP contribution in [-0.2, 0) is 13.1 Å². The van der Waals surface area contributed by atoms with Gasteiger partial charge in [0.1, 0.15) is 12.2 Å². The van der Waals surface area contributed by atoms with Crippen LogP contribution in [0, 0.1) is 11.3 Å². The van der Waals surface area contributed by atoms with E-state index in [9.17, 15) is 0 Å². The number of aryl methyl sites for hydroxylation is 1. The number of rotatable bonds is 5. The molecule has 1 atom stereocenters. The minimum Gasteiger partial charge on any atom is -0.310 e. The lowest BCUT2D eigenvalue weighted by Crippen LogP contribution is -2.30. The van der Waals surface area contributed by atoms with E-state index in [0.717, 1.165) is 25.5 Å². The molecule has 0 saturated heterocycles. The lowest BCUT2D eigenvalue weighted by Gasteiger charge is -2.27. The summed E-state index contributed by atoms with van der Waals surface area (Å²) >= 11 is 0. The highest BCUT2D eigenvalue weighted by Crippen LogP contribution is 2.24. The Kier molecular flexibility index (Phi) is 4.47. The van der Waals surface area contributed by atoms with Crippen LogP contribution in [0.1, 0.15) is 40.4 Å². The molecule has 0 aliphatic rings. The van der Waals surface area contributed by atoms with Gasteiger partial charge in [0.05, 0.1) is 6.54 Å². The highest BCUT2D eigenvalue weighted by Gasteiger charge is 2.19. The van der Waals surface area contributed by atoms with Gasteiger partial charge in [0, 0.05) is 6.54 Å². The molecule has 0 saturated carbocycles. The predicted octanol–water partition coefficient (Wildman–Crippen LogP) is 2.07. The molecule has 1 unspecified atom stereocenters. The van der Waals surface area contributed by atoms with Gasteiger partial charge < -0.3 is 5.32 Å². The van der Waals surface area contributed by atoms with Gasteiger partial charge in [-0.2, -0.15) is 5.10 Å². The Morgan fingerprint density at radius 1 is 1.44 bits per heavy atom. The van der Waals surface area contributed by atoms with Gasteiger partial charge in [0.2, 0.25) is 0 Å². The van der Waals surface area contributed by atoms with Crippen LogP contribution in [0.15, 0.2) is 6.33 Å². The van der Waals surface area contributed by atoms with E-state index in [-0.39, 0.29) is 0 Å². The van der Waals surface area contributed by atoms with Crippen LogP contribution in [0.3, 0.4) is 0 Å². The molecule has 0 fully saturated rings. The summed E-state index contributed by atoms with van der Waals surface area (Å²) in [6.07, 6.45) is 1.62. The fourth-order valence-corrected chi connectivity index (χ4v) is 1.40. The third-order valence-corrected chi connectivity index (χ3v) is 3.21. The molecule has 92 valence electrons. The van der Waals surface area contributed by atoms with Gasteiger partial charge in [-0.1, -0.05) is 27.7 Å². The van der Waals surface area contributed by atoms with Gasteiger partial charge in [-0.3, -0.25) is 0 Å². The second kappa shape index (κ2) is 5.43. The van der Waals surface area contributed by atoms with Gasteiger partial charge in [0.15, 0.2) is 0 Å². The van der Waals surface area contributed by atoms with Crippen molar-refractivity contribution >= 4 is 0 Å². The monoisotopic (exact) mass is 224 g/mol. The van der Waals surface area contributed by atoms with Crippen LogP contribution in [0.25, 0.3) is 0 Å². The number of hydrogen-bond acceptors (Lipinski definition) is 3. The Balaban J connectivity index is 2.36. The van der Waals surface area contributed by atoms with Crippen molar-refractivity contribution in [2.24, 2.45) is 11.3 Å².